The average Bonchev–Trinajstić information content (AvgIpc) is 2.75. The first kappa shape index (κ1) is 14.3. The molecule has 1 aromatic carbocycles. The molecule has 5 heteroatoms. The quantitative estimate of drug-likeness (QED) is 0.895. The molecule has 1 heterocycles. The Hall–Kier alpha value is -1.07. The minimum absolute atomic E-state index is 0.0223. The largest absolute Gasteiger partial charge is 0.369 e. The summed E-state index contributed by atoms with van der Waals surface area (Å²) in [5.74, 6) is 0.0420. The van der Waals surface area contributed by atoms with Crippen LogP contribution in [0.15, 0.2) is 22.7 Å². The van der Waals surface area contributed by atoms with Crippen LogP contribution in [-0.2, 0) is 4.79 Å². The molecule has 0 radical (unpaired) electrons. The second-order valence-corrected chi connectivity index (χ2v) is 5.98. The highest BCUT2D eigenvalue weighted by atomic mass is 79.9. The zero-order chi connectivity index (χ0) is 14.0. The van der Waals surface area contributed by atoms with Crippen LogP contribution in [0.25, 0.3) is 0 Å². The van der Waals surface area contributed by atoms with Crippen LogP contribution in [0, 0.1) is 0 Å². The molecule has 4 nitrogen and oxygen atoms in total. The second-order valence-electron chi connectivity index (χ2n) is 5.13. The van der Waals surface area contributed by atoms with Crippen LogP contribution in [0.5, 0.6) is 0 Å². The molecule has 19 heavy (non-hydrogen) atoms. The number of halogens is 1. The Morgan fingerprint density at radius 2 is 2.32 bits per heavy atom. The van der Waals surface area contributed by atoms with Crippen molar-refractivity contribution in [2.45, 2.75) is 32.4 Å². The number of nitrogens with zero attached hydrogens (tertiary/aromatic N) is 1. The molecular formula is C14H20BrN3O. The Bertz CT molecular complexity index is 476. The number of carbonyl (C=O) groups excluding carboxylic acids is 1. The maximum atomic E-state index is 11.1. The molecule has 1 saturated heterocycles. The van der Waals surface area contributed by atoms with Gasteiger partial charge in [-0.25, -0.2) is 0 Å². The third kappa shape index (κ3) is 3.48. The normalized spacial score (nSPS) is 20.4. The van der Waals surface area contributed by atoms with E-state index in [2.05, 4.69) is 44.3 Å². The second kappa shape index (κ2) is 5.92. The fraction of sp³-hybridized carbons (Fsp3) is 0.500. The molecule has 0 aliphatic carbocycles. The monoisotopic (exact) mass is 325 g/mol. The van der Waals surface area contributed by atoms with E-state index >= 15 is 0 Å². The van der Waals surface area contributed by atoms with E-state index in [1.54, 1.807) is 6.92 Å². The summed E-state index contributed by atoms with van der Waals surface area (Å²) < 4.78 is 1.04. The predicted octanol–water partition coefficient (Wildman–Crippen LogP) is 2.18. The van der Waals surface area contributed by atoms with Crippen LogP contribution < -0.4 is 16.0 Å². The van der Waals surface area contributed by atoms with E-state index in [0.717, 1.165) is 29.5 Å². The van der Waals surface area contributed by atoms with Crippen LogP contribution >= 0.6 is 15.9 Å². The SMILES string of the molecule is CC(=O)NC1CCN(c2ccc([C@@H](C)N)c(Br)c2)C1. The molecule has 0 aromatic heterocycles. The van der Waals surface area contributed by atoms with Crippen molar-refractivity contribution in [1.82, 2.24) is 5.32 Å². The maximum absolute atomic E-state index is 11.1. The van der Waals surface area contributed by atoms with Gasteiger partial charge in [0.05, 0.1) is 0 Å². The highest BCUT2D eigenvalue weighted by molar-refractivity contribution is 9.10. The van der Waals surface area contributed by atoms with E-state index in [9.17, 15) is 4.79 Å². The van der Waals surface area contributed by atoms with Gasteiger partial charge in [0.2, 0.25) is 5.91 Å². The Labute approximate surface area is 122 Å². The molecule has 1 aliphatic heterocycles. The lowest BCUT2D eigenvalue weighted by molar-refractivity contribution is -0.119. The minimum atomic E-state index is 0.0223. The number of carbonyl (C=O) groups is 1. The number of anilines is 1. The summed E-state index contributed by atoms with van der Waals surface area (Å²) in [6, 6.07) is 6.54. The molecule has 1 fully saturated rings. The molecule has 2 rings (SSSR count). The van der Waals surface area contributed by atoms with Gasteiger partial charge in [-0.2, -0.15) is 0 Å². The van der Waals surface area contributed by atoms with Crippen LogP contribution in [0.4, 0.5) is 5.69 Å². The molecule has 1 aromatic rings. The van der Waals surface area contributed by atoms with Gasteiger partial charge >= 0.3 is 0 Å². The lowest BCUT2D eigenvalue weighted by Crippen LogP contribution is -2.35. The zero-order valence-corrected chi connectivity index (χ0v) is 12.9. The highest BCUT2D eigenvalue weighted by Crippen LogP contribution is 2.29. The lowest BCUT2D eigenvalue weighted by Gasteiger charge is -2.20. The smallest absolute Gasteiger partial charge is 0.217 e. The van der Waals surface area contributed by atoms with E-state index < -0.39 is 0 Å². The van der Waals surface area contributed by atoms with Crippen LogP contribution in [0.3, 0.4) is 0 Å². The van der Waals surface area contributed by atoms with Gasteiger partial charge in [0.1, 0.15) is 0 Å². The first-order valence-electron chi connectivity index (χ1n) is 6.54. The molecular weight excluding hydrogens is 306 g/mol. The van der Waals surface area contributed by atoms with Crippen molar-refractivity contribution in [2.24, 2.45) is 5.73 Å². The van der Waals surface area contributed by atoms with E-state index in [0.29, 0.717) is 0 Å². The van der Waals surface area contributed by atoms with Gasteiger partial charge in [-0.1, -0.05) is 22.0 Å². The number of hydrogen-bond donors (Lipinski definition) is 2. The number of nitrogens with one attached hydrogen (secondary N) is 1. The third-order valence-corrected chi connectivity index (χ3v) is 4.12. The van der Waals surface area contributed by atoms with E-state index in [1.807, 2.05) is 6.92 Å². The van der Waals surface area contributed by atoms with Crippen molar-refractivity contribution in [1.29, 1.82) is 0 Å². The Kier molecular flexibility index (Phi) is 4.47. The van der Waals surface area contributed by atoms with E-state index in [-0.39, 0.29) is 18.0 Å². The highest BCUT2D eigenvalue weighted by Gasteiger charge is 2.23. The third-order valence-electron chi connectivity index (χ3n) is 3.44. The van der Waals surface area contributed by atoms with Crippen molar-refractivity contribution in [3.05, 3.63) is 28.2 Å². The molecule has 2 atom stereocenters. The van der Waals surface area contributed by atoms with Crippen molar-refractivity contribution < 1.29 is 4.79 Å². The molecule has 1 unspecified atom stereocenters. The molecule has 104 valence electrons. The van der Waals surface area contributed by atoms with Crippen molar-refractivity contribution in [2.75, 3.05) is 18.0 Å². The Morgan fingerprint density at radius 1 is 1.58 bits per heavy atom. The van der Waals surface area contributed by atoms with Gasteiger partial charge in [-0.3, -0.25) is 4.79 Å². The first-order valence-corrected chi connectivity index (χ1v) is 7.33. The molecule has 1 aliphatic rings. The van der Waals surface area contributed by atoms with E-state index in [4.69, 9.17) is 5.73 Å². The van der Waals surface area contributed by atoms with Crippen molar-refractivity contribution in [3.8, 4) is 0 Å². The minimum Gasteiger partial charge on any atom is -0.369 e. The Balaban J connectivity index is 2.07. The summed E-state index contributed by atoms with van der Waals surface area (Å²) in [7, 11) is 0. The number of amides is 1. The van der Waals surface area contributed by atoms with E-state index in [1.165, 1.54) is 5.69 Å². The first-order chi connectivity index (χ1) is 8.97. The predicted molar refractivity (Wildman–Crippen MR) is 81.2 cm³/mol. The topological polar surface area (TPSA) is 58.4 Å². The zero-order valence-electron chi connectivity index (χ0n) is 11.3. The summed E-state index contributed by atoms with van der Waals surface area (Å²) in [6.07, 6.45) is 0.992. The van der Waals surface area contributed by atoms with Gasteiger partial charge in [0, 0.05) is 42.3 Å². The van der Waals surface area contributed by atoms with Gasteiger partial charge in [0.15, 0.2) is 0 Å². The average molecular weight is 326 g/mol. The molecule has 0 spiro atoms. The number of hydrogen-bond acceptors (Lipinski definition) is 3. The van der Waals surface area contributed by atoms with Crippen LogP contribution in [0.1, 0.15) is 31.9 Å². The standard InChI is InChI=1S/C14H20BrN3O/c1-9(16)13-4-3-12(7-14(13)15)18-6-5-11(8-18)17-10(2)19/h3-4,7,9,11H,5-6,8,16H2,1-2H3,(H,17,19)/t9-,11?/m1/s1. The molecule has 0 bridgehead atoms. The fourth-order valence-corrected chi connectivity index (χ4v) is 3.21. The van der Waals surface area contributed by atoms with Crippen molar-refractivity contribution >= 4 is 27.5 Å². The lowest BCUT2D eigenvalue weighted by atomic mass is 10.1. The number of rotatable bonds is 3. The van der Waals surface area contributed by atoms with Gasteiger partial charge in [-0.15, -0.1) is 0 Å². The van der Waals surface area contributed by atoms with Gasteiger partial charge in [-0.05, 0) is 31.0 Å². The van der Waals surface area contributed by atoms with Gasteiger partial charge in [0.25, 0.3) is 0 Å². The molecule has 0 saturated carbocycles. The summed E-state index contributed by atoms with van der Waals surface area (Å²) >= 11 is 3.57. The maximum Gasteiger partial charge on any atom is 0.217 e. The summed E-state index contributed by atoms with van der Waals surface area (Å²) in [5.41, 5.74) is 8.19. The van der Waals surface area contributed by atoms with Crippen molar-refractivity contribution in [3.63, 3.8) is 0 Å². The fourth-order valence-electron chi connectivity index (χ4n) is 2.48. The van der Waals surface area contributed by atoms with Crippen LogP contribution in [-0.4, -0.2) is 25.0 Å². The number of benzene rings is 1. The van der Waals surface area contributed by atoms with Gasteiger partial charge < -0.3 is 16.0 Å². The number of nitrogens with two attached hydrogens (primary N) is 1. The summed E-state index contributed by atoms with van der Waals surface area (Å²) in [5, 5.41) is 2.97. The van der Waals surface area contributed by atoms with Crippen LogP contribution in [0.2, 0.25) is 0 Å². The molecule has 3 N–H and O–H groups in total. The summed E-state index contributed by atoms with van der Waals surface area (Å²) in [4.78, 5) is 13.4. The molecule has 1 amide bonds. The Morgan fingerprint density at radius 3 is 2.89 bits per heavy atom. The summed E-state index contributed by atoms with van der Waals surface area (Å²) in [6.45, 7) is 5.37.